The smallest absolute Gasteiger partial charge is 0.334 e. The van der Waals surface area contributed by atoms with Gasteiger partial charge in [0.1, 0.15) is 79.9 Å². The highest BCUT2D eigenvalue weighted by atomic mass is 16.8. The first-order valence-electron chi connectivity index (χ1n) is 32.0. The molecule has 3 saturated heterocycles. The zero-order valence-corrected chi connectivity index (χ0v) is 50.5. The van der Waals surface area contributed by atoms with E-state index in [1.54, 1.807) is 0 Å². The van der Waals surface area contributed by atoms with Crippen LogP contribution >= 0.6 is 0 Å². The number of esters is 2. The molecule has 0 bridgehead atoms. The van der Waals surface area contributed by atoms with E-state index in [9.17, 15) is 65.4 Å². The van der Waals surface area contributed by atoms with E-state index in [1.807, 2.05) is 0 Å². The lowest BCUT2D eigenvalue weighted by Crippen LogP contribution is -2.67. The molecule has 16 atom stereocenters. The molecule has 3 heterocycles. The van der Waals surface area contributed by atoms with Crippen LogP contribution in [0, 0.1) is 0 Å². The van der Waals surface area contributed by atoms with Gasteiger partial charge in [-0.05, 0) is 12.8 Å². The summed E-state index contributed by atoms with van der Waals surface area (Å²) < 4.78 is 39.1. The molecular weight excluding hydrogens is 1080 g/mol. The van der Waals surface area contributed by atoms with Crippen LogP contribution in [-0.4, -0.2) is 219 Å². The third kappa shape index (κ3) is 28.6. The summed E-state index contributed by atoms with van der Waals surface area (Å²) in [5.74, 6) is -2.09. The van der Waals surface area contributed by atoms with Gasteiger partial charge in [0.25, 0.3) is 0 Å². The predicted octanol–water partition coefficient (Wildman–Crippen LogP) is 4.39. The zero-order valence-electron chi connectivity index (χ0n) is 50.5. The highest BCUT2D eigenvalue weighted by Gasteiger charge is 2.54. The SMILES string of the molecule is CCCCCCCCCCCCCCCCCCOC(=O)[C@H](COC(=O)CON(C)[C@@H]1O[C@H](CO)[C@@H](O[C@@H]2O[C@H](CO)[C@@H](O[C@H]3O[C@H](CO)[C@@H](O)[C@H](O)[C@H]3O)[C@H](O)[C@H]2O)[C@H](O)[C@H]1O)NC(=O)CCCCCCCCCCCCCCCCC. The maximum Gasteiger partial charge on any atom is 0.334 e. The van der Waals surface area contributed by atoms with Gasteiger partial charge in [0, 0.05) is 13.5 Å². The highest BCUT2D eigenvalue weighted by molar-refractivity contribution is 5.85. The topological polar surface area (TPSA) is 343 Å². The van der Waals surface area contributed by atoms with Gasteiger partial charge in [0.05, 0.1) is 26.4 Å². The molecule has 1 amide bonds. The van der Waals surface area contributed by atoms with Crippen LogP contribution in [-0.2, 0) is 52.4 Å². The van der Waals surface area contributed by atoms with Gasteiger partial charge in [-0.1, -0.05) is 200 Å². The molecule has 0 saturated carbocycles. The minimum atomic E-state index is -2.01. The molecule has 0 aliphatic carbocycles. The minimum Gasteiger partial charge on any atom is -0.464 e. The second-order valence-corrected chi connectivity index (χ2v) is 23.1. The Balaban J connectivity index is 1.46. The first kappa shape index (κ1) is 75.0. The molecule has 0 unspecified atom stereocenters. The molecule has 23 nitrogen and oxygen atoms in total. The van der Waals surface area contributed by atoms with Gasteiger partial charge in [0.15, 0.2) is 31.5 Å². The van der Waals surface area contributed by atoms with Gasteiger partial charge < -0.3 is 89.5 Å². The molecule has 0 aromatic rings. The van der Waals surface area contributed by atoms with Crippen molar-refractivity contribution >= 4 is 17.8 Å². The Morgan fingerprint density at radius 2 is 0.843 bits per heavy atom. The molecule has 0 aromatic heterocycles. The number of ether oxygens (including phenoxy) is 7. The summed E-state index contributed by atoms with van der Waals surface area (Å²) in [5, 5.41) is 109. The first-order valence-corrected chi connectivity index (χ1v) is 32.0. The number of likely N-dealkylation sites (N-methyl/N-ethyl adjacent to an activating group) is 1. The Hall–Kier alpha value is -2.27. The number of carbonyl (C=O) groups is 3. The summed E-state index contributed by atoms with van der Waals surface area (Å²) in [6.45, 7) is 0.775. The molecule has 83 heavy (non-hydrogen) atoms. The van der Waals surface area contributed by atoms with Crippen LogP contribution in [0.25, 0.3) is 0 Å². The average Bonchev–Trinajstić information content (AvgIpc) is 3.68. The molecule has 0 aromatic carbocycles. The number of aliphatic hydroxyl groups excluding tert-OH is 10. The van der Waals surface area contributed by atoms with E-state index in [0.29, 0.717) is 12.8 Å². The van der Waals surface area contributed by atoms with Crippen LogP contribution in [0.2, 0.25) is 0 Å². The Labute approximate surface area is 494 Å². The summed E-state index contributed by atoms with van der Waals surface area (Å²) in [5.41, 5.74) is 0. The van der Waals surface area contributed by atoms with Crippen LogP contribution in [0.3, 0.4) is 0 Å². The van der Waals surface area contributed by atoms with Crippen molar-refractivity contribution in [3.63, 3.8) is 0 Å². The number of hydrogen-bond donors (Lipinski definition) is 11. The van der Waals surface area contributed by atoms with Crippen molar-refractivity contribution in [1.29, 1.82) is 0 Å². The maximum absolute atomic E-state index is 13.4. The van der Waals surface area contributed by atoms with Gasteiger partial charge in [-0.2, -0.15) is 5.06 Å². The lowest BCUT2D eigenvalue weighted by Gasteiger charge is -2.48. The number of nitrogens with zero attached hydrogens (tertiary/aromatic N) is 1. The van der Waals surface area contributed by atoms with Crippen molar-refractivity contribution < 1.29 is 103 Å². The number of hydroxylamine groups is 2. The second kappa shape index (κ2) is 45.1. The fraction of sp³-hybridized carbons (Fsp3) is 0.950. The molecular formula is C60H112N2O21. The Bertz CT molecular complexity index is 1650. The van der Waals surface area contributed by atoms with Crippen LogP contribution in [0.4, 0.5) is 0 Å². The third-order valence-corrected chi connectivity index (χ3v) is 16.1. The number of hydrogen-bond acceptors (Lipinski definition) is 22. The summed E-state index contributed by atoms with van der Waals surface area (Å²) >= 11 is 0. The Kier molecular flexibility index (Phi) is 40.7. The zero-order chi connectivity index (χ0) is 60.8. The van der Waals surface area contributed by atoms with Crippen LogP contribution in [0.5, 0.6) is 0 Å². The standard InChI is InChI=1S/C60H112N2O21/c1-4-6-8-10-12-14-16-18-20-22-24-26-28-30-32-34-36-76-58(75)42(61-46(66)35-33-31-29-27-25-23-21-19-17-15-13-11-9-7-5-2)40-77-47(67)41-78-62(3)57-52(72)50(70)55(44(38-64)79-57)82-60-54(74)51(71)56(45(39-65)81-60)83-59-53(73)49(69)48(68)43(37-63)80-59/h42-45,48-57,59-60,63-65,68-74H,4-41H2,1-3H3,(H,61,66)/t42-,43+,44+,45+,48+,49-,50+,51+,52+,53+,54+,55+,56+,57+,59+,60-/m0/s1. The number of amides is 1. The minimum absolute atomic E-state index is 0.143. The van der Waals surface area contributed by atoms with Crippen molar-refractivity contribution in [3.8, 4) is 0 Å². The second-order valence-electron chi connectivity index (χ2n) is 23.1. The summed E-state index contributed by atoms with van der Waals surface area (Å²) in [7, 11) is 1.26. The average molecular weight is 1200 g/mol. The molecule has 3 aliphatic heterocycles. The summed E-state index contributed by atoms with van der Waals surface area (Å²) in [4.78, 5) is 45.1. The number of nitrogens with one attached hydrogen (secondary N) is 1. The summed E-state index contributed by atoms with van der Waals surface area (Å²) in [6.07, 6.45) is 11.1. The van der Waals surface area contributed by atoms with Gasteiger partial charge in [-0.3, -0.25) is 9.63 Å². The number of carbonyl (C=O) groups excluding carboxylic acids is 3. The third-order valence-electron chi connectivity index (χ3n) is 16.1. The monoisotopic (exact) mass is 1200 g/mol. The van der Waals surface area contributed by atoms with E-state index in [4.69, 9.17) is 38.0 Å². The molecule has 0 radical (unpaired) electrons. The number of rotatable bonds is 48. The van der Waals surface area contributed by atoms with Crippen molar-refractivity contribution in [2.75, 3.05) is 46.7 Å². The Morgan fingerprint density at radius 1 is 0.458 bits per heavy atom. The first-order chi connectivity index (χ1) is 40.1. The highest BCUT2D eigenvalue weighted by Crippen LogP contribution is 2.33. The van der Waals surface area contributed by atoms with Crippen molar-refractivity contribution in [1.82, 2.24) is 10.4 Å². The molecule has 3 fully saturated rings. The van der Waals surface area contributed by atoms with E-state index in [0.717, 1.165) is 43.6 Å². The fourth-order valence-electron chi connectivity index (χ4n) is 10.8. The lowest BCUT2D eigenvalue weighted by molar-refractivity contribution is -0.381. The normalized spacial score (nSPS) is 28.8. The number of aliphatic hydroxyl groups is 10. The molecule has 0 spiro atoms. The van der Waals surface area contributed by atoms with E-state index in [-0.39, 0.29) is 18.9 Å². The van der Waals surface area contributed by atoms with Crippen molar-refractivity contribution in [2.45, 2.75) is 317 Å². The van der Waals surface area contributed by atoms with Gasteiger partial charge in [-0.25, -0.2) is 9.59 Å². The van der Waals surface area contributed by atoms with Crippen molar-refractivity contribution in [2.24, 2.45) is 0 Å². The molecule has 23 heteroatoms. The molecule has 3 aliphatic rings. The number of unbranched alkanes of at least 4 members (excludes halogenated alkanes) is 29. The fourth-order valence-corrected chi connectivity index (χ4v) is 10.8. The van der Waals surface area contributed by atoms with Crippen LogP contribution in [0.15, 0.2) is 0 Å². The van der Waals surface area contributed by atoms with Crippen molar-refractivity contribution in [3.05, 3.63) is 0 Å². The lowest BCUT2D eigenvalue weighted by atomic mass is 9.95. The van der Waals surface area contributed by atoms with E-state index >= 15 is 0 Å². The van der Waals surface area contributed by atoms with Crippen LogP contribution in [0.1, 0.15) is 219 Å². The van der Waals surface area contributed by atoms with Crippen LogP contribution < -0.4 is 5.32 Å². The van der Waals surface area contributed by atoms with E-state index in [1.165, 1.54) is 155 Å². The Morgan fingerprint density at radius 3 is 1.29 bits per heavy atom. The maximum atomic E-state index is 13.4. The van der Waals surface area contributed by atoms with E-state index < -0.39 is 143 Å². The quantitative estimate of drug-likeness (QED) is 0.0229. The van der Waals surface area contributed by atoms with E-state index in [2.05, 4.69) is 19.2 Å². The molecule has 11 N–H and O–H groups in total. The largest absolute Gasteiger partial charge is 0.464 e. The van der Waals surface area contributed by atoms with Gasteiger partial charge in [-0.15, -0.1) is 0 Å². The molecule has 3 rings (SSSR count). The van der Waals surface area contributed by atoms with Gasteiger partial charge >= 0.3 is 11.9 Å². The predicted molar refractivity (Wildman–Crippen MR) is 306 cm³/mol. The van der Waals surface area contributed by atoms with Gasteiger partial charge in [0.2, 0.25) is 5.91 Å². The summed E-state index contributed by atoms with van der Waals surface area (Å²) in [6, 6.07) is -1.29. The molecule has 488 valence electrons.